The summed E-state index contributed by atoms with van der Waals surface area (Å²) in [6.07, 6.45) is 2.15. The molecule has 0 aromatic carbocycles. The first-order chi connectivity index (χ1) is 10.3. The number of nitrogens with two attached hydrogens (primary N) is 1. The molecule has 4 N–H and O–H groups in total. The minimum atomic E-state index is -4.41. The lowest BCUT2D eigenvalue weighted by Crippen LogP contribution is -3.00. The number of aryl methyl sites for hydroxylation is 1. The van der Waals surface area contributed by atoms with Crippen LogP contribution in [0.2, 0.25) is 0 Å². The van der Waals surface area contributed by atoms with Crippen molar-refractivity contribution >= 4 is 37.4 Å². The number of nitrogen functional groups attached to an aromatic ring is 1. The molecule has 0 fully saturated rings. The van der Waals surface area contributed by atoms with E-state index in [-0.39, 0.29) is 31.4 Å². The van der Waals surface area contributed by atoms with Gasteiger partial charge in [-0.15, -0.1) is 12.4 Å². The number of hydrogen-bond acceptors (Lipinski definition) is 6. The second kappa shape index (κ2) is 9.62. The molecule has 0 spiro atoms. The highest BCUT2D eigenvalue weighted by molar-refractivity contribution is 7.46. The van der Waals surface area contributed by atoms with Gasteiger partial charge in [-0.25, -0.2) is 14.5 Å². The molecule has 0 aliphatic heterocycles. The standard InChI is InChI=1S/C12H17N4O4PS.2ClH/c1-8-11(3-4-20-21(17,18)19)22-7-16(8)6-10-5-14-9(2)15-12(10)13;;/h5,7H,3-4,6H2,1-2H3,(H3-,13,14,15,17,18,19);2*1H. The molecule has 0 bridgehead atoms. The van der Waals surface area contributed by atoms with E-state index in [4.69, 9.17) is 15.5 Å². The molecule has 0 aliphatic carbocycles. The van der Waals surface area contributed by atoms with E-state index < -0.39 is 7.82 Å². The minimum absolute atomic E-state index is 0. The summed E-state index contributed by atoms with van der Waals surface area (Å²) in [6.45, 7) is 4.24. The van der Waals surface area contributed by atoms with Crippen molar-refractivity contribution in [1.82, 2.24) is 9.97 Å². The zero-order valence-electron chi connectivity index (χ0n) is 13.0. The monoisotopic (exact) mass is 416 g/mol. The largest absolute Gasteiger partial charge is 1.00 e. The van der Waals surface area contributed by atoms with Crippen LogP contribution in [0, 0.1) is 13.8 Å². The second-order valence-electron chi connectivity index (χ2n) is 4.76. The predicted octanol–water partition coefficient (Wildman–Crippen LogP) is -1.85. The van der Waals surface area contributed by atoms with Crippen LogP contribution in [0.4, 0.5) is 5.82 Å². The van der Waals surface area contributed by atoms with Gasteiger partial charge in [0.2, 0.25) is 5.51 Å². The van der Waals surface area contributed by atoms with Crippen LogP contribution in [0.15, 0.2) is 11.7 Å². The molecule has 0 unspecified atom stereocenters. The zero-order chi connectivity index (χ0) is 16.3. The topological polar surface area (TPSA) is 122 Å². The van der Waals surface area contributed by atoms with Crippen molar-refractivity contribution in [2.45, 2.75) is 26.8 Å². The number of aromatic nitrogens is 3. The average molecular weight is 417 g/mol. The molecule has 0 saturated carbocycles. The smallest absolute Gasteiger partial charge is 0.469 e. The molecule has 12 heteroatoms. The maximum Gasteiger partial charge on any atom is 0.469 e. The lowest BCUT2D eigenvalue weighted by atomic mass is 10.2. The summed E-state index contributed by atoms with van der Waals surface area (Å²) in [4.78, 5) is 26.6. The van der Waals surface area contributed by atoms with E-state index >= 15 is 0 Å². The van der Waals surface area contributed by atoms with E-state index in [0.29, 0.717) is 24.6 Å². The Kier molecular flexibility index (Phi) is 9.30. The average Bonchev–Trinajstić information content (AvgIpc) is 2.73. The van der Waals surface area contributed by atoms with Gasteiger partial charge in [-0.05, 0) is 6.92 Å². The van der Waals surface area contributed by atoms with Crippen LogP contribution in [0.5, 0.6) is 0 Å². The third kappa shape index (κ3) is 6.60. The van der Waals surface area contributed by atoms with E-state index in [9.17, 15) is 4.57 Å². The highest BCUT2D eigenvalue weighted by Crippen LogP contribution is 2.35. The Balaban J connectivity index is 0.00000264. The van der Waals surface area contributed by atoms with Gasteiger partial charge >= 0.3 is 7.82 Å². The molecule has 8 nitrogen and oxygen atoms in total. The number of halogens is 2. The van der Waals surface area contributed by atoms with Crippen LogP contribution in [0.3, 0.4) is 0 Å². The highest BCUT2D eigenvalue weighted by atomic mass is 35.5. The number of thiazole rings is 1. The van der Waals surface area contributed by atoms with Crippen molar-refractivity contribution in [1.29, 1.82) is 0 Å². The zero-order valence-corrected chi connectivity index (χ0v) is 16.3. The molecule has 2 heterocycles. The Labute approximate surface area is 156 Å². The van der Waals surface area contributed by atoms with Crippen molar-refractivity contribution in [2.75, 3.05) is 12.3 Å². The van der Waals surface area contributed by atoms with Gasteiger partial charge in [-0.1, -0.05) is 11.3 Å². The molecule has 2 rings (SSSR count). The highest BCUT2D eigenvalue weighted by Gasteiger charge is 2.19. The fourth-order valence-electron chi connectivity index (χ4n) is 1.92. The Hall–Kier alpha value is -0.800. The van der Waals surface area contributed by atoms with E-state index in [2.05, 4.69) is 14.5 Å². The quantitative estimate of drug-likeness (QED) is 0.373. The molecular formula is C12H19Cl2N4O4PS. The van der Waals surface area contributed by atoms with Crippen LogP contribution < -0.4 is 22.7 Å². The van der Waals surface area contributed by atoms with Crippen molar-refractivity contribution in [3.63, 3.8) is 0 Å². The minimum Gasteiger partial charge on any atom is -1.00 e. The molecule has 2 aromatic rings. The van der Waals surface area contributed by atoms with E-state index in [1.807, 2.05) is 17.0 Å². The molecule has 24 heavy (non-hydrogen) atoms. The van der Waals surface area contributed by atoms with Crippen molar-refractivity contribution < 1.29 is 35.8 Å². The molecule has 0 atom stereocenters. The fourth-order valence-corrected chi connectivity index (χ4v) is 3.23. The number of anilines is 1. The van der Waals surface area contributed by atoms with Gasteiger partial charge in [0.15, 0.2) is 12.2 Å². The SMILES string of the molecule is Cc1ncc(C[n+]2csc(CCOP(=O)(O)O)c2C)c(N)n1.Cl.[Cl-]. The summed E-state index contributed by atoms with van der Waals surface area (Å²) in [7, 11) is -4.41. The maximum atomic E-state index is 10.7. The van der Waals surface area contributed by atoms with Crippen LogP contribution in [0.1, 0.15) is 22.0 Å². The van der Waals surface area contributed by atoms with Crippen molar-refractivity contribution in [2.24, 2.45) is 0 Å². The van der Waals surface area contributed by atoms with Crippen molar-refractivity contribution in [3.8, 4) is 0 Å². The molecule has 0 radical (unpaired) electrons. The number of nitrogens with zero attached hydrogens (tertiary/aromatic N) is 3. The third-order valence-corrected chi connectivity index (χ3v) is 4.77. The molecule has 136 valence electrons. The molecular weight excluding hydrogens is 398 g/mol. The van der Waals surface area contributed by atoms with Gasteiger partial charge in [-0.2, -0.15) is 4.57 Å². The van der Waals surface area contributed by atoms with Crippen molar-refractivity contribution in [3.05, 3.63) is 33.7 Å². The van der Waals surface area contributed by atoms with Crippen LogP contribution in [-0.4, -0.2) is 26.4 Å². The number of phosphoric ester groups is 1. The first-order valence-corrected chi connectivity index (χ1v) is 8.92. The van der Waals surface area contributed by atoms with Crippen LogP contribution in [0.25, 0.3) is 0 Å². The van der Waals surface area contributed by atoms with Gasteiger partial charge in [0, 0.05) is 19.5 Å². The van der Waals surface area contributed by atoms with Crippen LogP contribution >= 0.6 is 31.6 Å². The van der Waals surface area contributed by atoms with Crippen LogP contribution in [-0.2, 0) is 22.1 Å². The summed E-state index contributed by atoms with van der Waals surface area (Å²) in [5.74, 6) is 1.08. The Morgan fingerprint density at radius 2 is 2.08 bits per heavy atom. The number of rotatable bonds is 6. The number of hydrogen-bond donors (Lipinski definition) is 3. The van der Waals surface area contributed by atoms with E-state index in [1.54, 1.807) is 13.1 Å². The summed E-state index contributed by atoms with van der Waals surface area (Å²) < 4.78 is 17.1. The second-order valence-corrected chi connectivity index (χ2v) is 6.94. The van der Waals surface area contributed by atoms with Gasteiger partial charge < -0.3 is 27.9 Å². The van der Waals surface area contributed by atoms with Gasteiger partial charge in [0.05, 0.1) is 17.0 Å². The molecule has 0 saturated heterocycles. The summed E-state index contributed by atoms with van der Waals surface area (Å²) in [5, 5.41) is 0. The summed E-state index contributed by atoms with van der Waals surface area (Å²) in [6, 6.07) is 0. The molecule has 0 amide bonds. The Morgan fingerprint density at radius 3 is 2.67 bits per heavy atom. The fraction of sp³-hybridized carbons (Fsp3) is 0.417. The Morgan fingerprint density at radius 1 is 1.42 bits per heavy atom. The third-order valence-electron chi connectivity index (χ3n) is 3.10. The summed E-state index contributed by atoms with van der Waals surface area (Å²) in [5.41, 5.74) is 9.65. The van der Waals surface area contributed by atoms with Gasteiger partial charge in [-0.3, -0.25) is 4.52 Å². The summed E-state index contributed by atoms with van der Waals surface area (Å²) >= 11 is 1.50. The van der Waals surface area contributed by atoms with E-state index in [1.165, 1.54) is 11.3 Å². The number of phosphoric acid groups is 1. The predicted molar refractivity (Wildman–Crippen MR) is 88.5 cm³/mol. The van der Waals surface area contributed by atoms with E-state index in [0.717, 1.165) is 16.1 Å². The Bertz CT molecular complexity index is 725. The molecule has 2 aromatic heterocycles. The first kappa shape index (κ1) is 23.2. The molecule has 0 aliphatic rings. The lowest BCUT2D eigenvalue weighted by molar-refractivity contribution is -0.689. The first-order valence-electron chi connectivity index (χ1n) is 6.51. The maximum absolute atomic E-state index is 10.7. The van der Waals surface area contributed by atoms with Gasteiger partial charge in [0.1, 0.15) is 11.6 Å². The lowest BCUT2D eigenvalue weighted by Gasteiger charge is -2.04. The normalized spacial score (nSPS) is 10.8. The van der Waals surface area contributed by atoms with Gasteiger partial charge in [0.25, 0.3) is 0 Å².